The van der Waals surface area contributed by atoms with Crippen LogP contribution in [-0.2, 0) is 0 Å². The van der Waals surface area contributed by atoms with Crippen molar-refractivity contribution in [2.75, 3.05) is 0 Å². The number of hydrogen-bond acceptors (Lipinski definition) is 4. The van der Waals surface area contributed by atoms with Crippen molar-refractivity contribution in [3.63, 3.8) is 0 Å². The average Bonchev–Trinajstić information content (AvgIpc) is 2.59. The van der Waals surface area contributed by atoms with Crippen LogP contribution in [0.15, 0.2) is 22.7 Å². The van der Waals surface area contributed by atoms with Gasteiger partial charge in [-0.3, -0.25) is 10.1 Å². The maximum atomic E-state index is 13.2. The van der Waals surface area contributed by atoms with Crippen LogP contribution in [0.25, 0.3) is 11.1 Å². The lowest BCUT2D eigenvalue weighted by atomic mass is 10.0. The molecule has 0 unspecified atom stereocenters. The average molecular weight is 236 g/mol. The molecule has 6 heteroatoms. The van der Waals surface area contributed by atoms with Crippen LogP contribution in [0.1, 0.15) is 11.5 Å². The summed E-state index contributed by atoms with van der Waals surface area (Å²) >= 11 is 0. The summed E-state index contributed by atoms with van der Waals surface area (Å²) in [6, 6.07) is 3.72. The van der Waals surface area contributed by atoms with Crippen molar-refractivity contribution >= 4 is 5.69 Å². The number of rotatable bonds is 2. The predicted molar refractivity (Wildman–Crippen MR) is 58.0 cm³/mol. The zero-order valence-electron chi connectivity index (χ0n) is 9.23. The van der Waals surface area contributed by atoms with Crippen LogP contribution in [-0.4, -0.2) is 10.1 Å². The number of benzene rings is 1. The van der Waals surface area contributed by atoms with Gasteiger partial charge in [0, 0.05) is 11.6 Å². The van der Waals surface area contributed by atoms with Crippen molar-refractivity contribution < 1.29 is 13.8 Å². The van der Waals surface area contributed by atoms with Crippen LogP contribution in [0, 0.1) is 29.8 Å². The minimum absolute atomic E-state index is 0.523. The van der Waals surface area contributed by atoms with Gasteiger partial charge in [-0.2, -0.15) is 4.39 Å². The Morgan fingerprint density at radius 1 is 1.41 bits per heavy atom. The Hall–Kier alpha value is -2.24. The Labute approximate surface area is 96.0 Å². The van der Waals surface area contributed by atoms with Crippen molar-refractivity contribution in [1.29, 1.82) is 0 Å². The van der Waals surface area contributed by atoms with E-state index in [1.165, 1.54) is 12.1 Å². The topological polar surface area (TPSA) is 69.2 Å². The summed E-state index contributed by atoms with van der Waals surface area (Å²) in [5, 5.41) is 14.4. The number of aromatic nitrogens is 1. The standard InChI is InChI=1S/C11H9FN2O3/c1-6-11(7(2)17-13-6)8-3-4-9(12)10(5-8)14(15)16/h3-5H,1-2H3. The van der Waals surface area contributed by atoms with E-state index < -0.39 is 16.4 Å². The molecule has 2 aromatic rings. The lowest BCUT2D eigenvalue weighted by Crippen LogP contribution is -1.93. The normalized spacial score (nSPS) is 10.5. The molecule has 0 aliphatic rings. The van der Waals surface area contributed by atoms with E-state index in [0.717, 1.165) is 6.07 Å². The first-order valence-electron chi connectivity index (χ1n) is 4.88. The quantitative estimate of drug-likeness (QED) is 0.593. The van der Waals surface area contributed by atoms with Crippen LogP contribution < -0.4 is 0 Å². The molecular formula is C11H9FN2O3. The molecule has 0 bridgehead atoms. The third-order valence-corrected chi connectivity index (χ3v) is 2.46. The Morgan fingerprint density at radius 2 is 2.12 bits per heavy atom. The van der Waals surface area contributed by atoms with Crippen LogP contribution >= 0.6 is 0 Å². The molecule has 0 spiro atoms. The highest BCUT2D eigenvalue weighted by atomic mass is 19.1. The van der Waals surface area contributed by atoms with E-state index in [4.69, 9.17) is 4.52 Å². The summed E-state index contributed by atoms with van der Waals surface area (Å²) in [6.45, 7) is 3.42. The van der Waals surface area contributed by atoms with Crippen molar-refractivity contribution in [1.82, 2.24) is 5.16 Å². The molecule has 0 saturated carbocycles. The van der Waals surface area contributed by atoms with E-state index in [-0.39, 0.29) is 0 Å². The highest BCUT2D eigenvalue weighted by Crippen LogP contribution is 2.30. The molecule has 0 aliphatic carbocycles. The maximum absolute atomic E-state index is 13.2. The fourth-order valence-electron chi connectivity index (χ4n) is 1.70. The molecule has 17 heavy (non-hydrogen) atoms. The van der Waals surface area contributed by atoms with Crippen LogP contribution in [0.2, 0.25) is 0 Å². The first kappa shape index (κ1) is 11.3. The number of hydrogen-bond donors (Lipinski definition) is 0. The summed E-state index contributed by atoms with van der Waals surface area (Å²) in [5.41, 5.74) is 1.24. The van der Waals surface area contributed by atoms with Gasteiger partial charge in [0.05, 0.1) is 10.6 Å². The number of nitro groups is 1. The molecule has 1 heterocycles. The van der Waals surface area contributed by atoms with E-state index in [1.54, 1.807) is 13.8 Å². The second-order valence-corrected chi connectivity index (χ2v) is 3.62. The Kier molecular flexibility index (Phi) is 2.63. The first-order valence-corrected chi connectivity index (χ1v) is 4.88. The second kappa shape index (κ2) is 3.97. The smallest absolute Gasteiger partial charge is 0.305 e. The van der Waals surface area contributed by atoms with Gasteiger partial charge in [0.1, 0.15) is 5.76 Å². The molecule has 1 aromatic heterocycles. The second-order valence-electron chi connectivity index (χ2n) is 3.62. The Balaban J connectivity index is 2.62. The first-order chi connectivity index (χ1) is 8.00. The van der Waals surface area contributed by atoms with Gasteiger partial charge in [-0.1, -0.05) is 11.2 Å². The van der Waals surface area contributed by atoms with Crippen LogP contribution in [0.4, 0.5) is 10.1 Å². The van der Waals surface area contributed by atoms with E-state index in [9.17, 15) is 14.5 Å². The van der Waals surface area contributed by atoms with Gasteiger partial charge in [-0.05, 0) is 25.5 Å². The molecule has 0 amide bonds. The predicted octanol–water partition coefficient (Wildman–Crippen LogP) is 3.01. The number of aryl methyl sites for hydroxylation is 2. The van der Waals surface area contributed by atoms with Crippen LogP contribution in [0.3, 0.4) is 0 Å². The van der Waals surface area contributed by atoms with Crippen LogP contribution in [0.5, 0.6) is 0 Å². The molecule has 0 atom stereocenters. The van der Waals surface area contributed by atoms with Crippen molar-refractivity contribution in [2.45, 2.75) is 13.8 Å². The van der Waals surface area contributed by atoms with E-state index in [2.05, 4.69) is 5.16 Å². The third kappa shape index (κ3) is 1.89. The Morgan fingerprint density at radius 3 is 2.65 bits per heavy atom. The zero-order chi connectivity index (χ0) is 12.6. The summed E-state index contributed by atoms with van der Waals surface area (Å²) in [4.78, 5) is 9.89. The summed E-state index contributed by atoms with van der Waals surface area (Å²) in [7, 11) is 0. The molecule has 0 N–H and O–H groups in total. The molecule has 0 saturated heterocycles. The van der Waals surface area contributed by atoms with Gasteiger partial charge in [0.2, 0.25) is 5.82 Å². The van der Waals surface area contributed by atoms with Crippen molar-refractivity contribution in [3.05, 3.63) is 45.6 Å². The number of halogens is 1. The fourth-order valence-corrected chi connectivity index (χ4v) is 1.70. The molecular weight excluding hydrogens is 227 g/mol. The number of nitro benzene ring substituents is 1. The lowest BCUT2D eigenvalue weighted by Gasteiger charge is -2.00. The molecule has 5 nitrogen and oxygen atoms in total. The molecule has 0 fully saturated rings. The summed E-state index contributed by atoms with van der Waals surface area (Å²) < 4.78 is 18.1. The summed E-state index contributed by atoms with van der Waals surface area (Å²) in [6.07, 6.45) is 0. The highest BCUT2D eigenvalue weighted by Gasteiger charge is 2.18. The molecule has 88 valence electrons. The van der Waals surface area contributed by atoms with Gasteiger partial charge >= 0.3 is 5.69 Å². The summed E-state index contributed by atoms with van der Waals surface area (Å²) in [5.74, 6) is -0.311. The van der Waals surface area contributed by atoms with E-state index in [0.29, 0.717) is 22.6 Å². The monoisotopic (exact) mass is 236 g/mol. The molecule has 1 aromatic carbocycles. The third-order valence-electron chi connectivity index (χ3n) is 2.46. The minimum Gasteiger partial charge on any atom is -0.361 e. The zero-order valence-corrected chi connectivity index (χ0v) is 9.23. The van der Waals surface area contributed by atoms with Gasteiger partial charge in [0.25, 0.3) is 0 Å². The van der Waals surface area contributed by atoms with E-state index in [1.807, 2.05) is 0 Å². The van der Waals surface area contributed by atoms with Gasteiger partial charge in [-0.25, -0.2) is 0 Å². The molecule has 0 radical (unpaired) electrons. The van der Waals surface area contributed by atoms with E-state index >= 15 is 0 Å². The maximum Gasteiger partial charge on any atom is 0.305 e. The van der Waals surface area contributed by atoms with Gasteiger partial charge < -0.3 is 4.52 Å². The highest BCUT2D eigenvalue weighted by molar-refractivity contribution is 5.69. The SMILES string of the molecule is Cc1noc(C)c1-c1ccc(F)c([N+](=O)[O-])c1. The van der Waals surface area contributed by atoms with Crippen molar-refractivity contribution in [2.24, 2.45) is 0 Å². The Bertz CT molecular complexity index is 573. The van der Waals surface area contributed by atoms with Gasteiger partial charge in [-0.15, -0.1) is 0 Å². The lowest BCUT2D eigenvalue weighted by molar-refractivity contribution is -0.387. The fraction of sp³-hybridized carbons (Fsp3) is 0.182. The van der Waals surface area contributed by atoms with Gasteiger partial charge in [0.15, 0.2) is 0 Å². The largest absolute Gasteiger partial charge is 0.361 e. The number of nitrogens with zero attached hydrogens (tertiary/aromatic N) is 2. The van der Waals surface area contributed by atoms with Crippen molar-refractivity contribution in [3.8, 4) is 11.1 Å². The molecule has 0 aliphatic heterocycles. The minimum atomic E-state index is -0.856. The molecule has 2 rings (SSSR count).